The molecule has 2 aromatic rings. The standard InChI is InChI=1S/C18H18N2O6/c1-25-16-8-7-14(20(23)24)11-15(16)18(22)26-12-17(21)19-10-9-13-5-3-2-4-6-13/h2-8,11H,9-10,12H2,1H3,(H,19,21). The highest BCUT2D eigenvalue weighted by Crippen LogP contribution is 2.24. The third-order valence-corrected chi connectivity index (χ3v) is 3.53. The molecule has 0 saturated carbocycles. The third kappa shape index (κ3) is 5.30. The van der Waals surface area contributed by atoms with Crippen LogP contribution in [0.5, 0.6) is 5.75 Å². The van der Waals surface area contributed by atoms with E-state index in [9.17, 15) is 19.7 Å². The number of methoxy groups -OCH3 is 1. The molecule has 0 fully saturated rings. The highest BCUT2D eigenvalue weighted by molar-refractivity contribution is 5.94. The van der Waals surface area contributed by atoms with Crippen molar-refractivity contribution in [2.45, 2.75) is 6.42 Å². The lowest BCUT2D eigenvalue weighted by molar-refractivity contribution is -0.384. The summed E-state index contributed by atoms with van der Waals surface area (Å²) in [6.07, 6.45) is 0.652. The van der Waals surface area contributed by atoms with E-state index in [0.29, 0.717) is 13.0 Å². The van der Waals surface area contributed by atoms with E-state index in [4.69, 9.17) is 9.47 Å². The van der Waals surface area contributed by atoms with Gasteiger partial charge in [-0.1, -0.05) is 30.3 Å². The van der Waals surface area contributed by atoms with Crippen LogP contribution >= 0.6 is 0 Å². The number of carbonyl (C=O) groups excluding carboxylic acids is 2. The summed E-state index contributed by atoms with van der Waals surface area (Å²) in [5.74, 6) is -1.20. The number of carbonyl (C=O) groups is 2. The summed E-state index contributed by atoms with van der Waals surface area (Å²) in [5.41, 5.74) is 0.690. The molecule has 0 heterocycles. The Kier molecular flexibility index (Phi) is 6.67. The van der Waals surface area contributed by atoms with Crippen LogP contribution in [-0.4, -0.2) is 37.1 Å². The number of nitro benzene ring substituents is 1. The summed E-state index contributed by atoms with van der Waals surface area (Å²) in [4.78, 5) is 34.1. The largest absolute Gasteiger partial charge is 0.496 e. The van der Waals surface area contributed by atoms with Crippen molar-refractivity contribution in [3.05, 3.63) is 69.8 Å². The van der Waals surface area contributed by atoms with Gasteiger partial charge in [0.15, 0.2) is 6.61 Å². The normalized spacial score (nSPS) is 10.0. The monoisotopic (exact) mass is 358 g/mol. The minimum absolute atomic E-state index is 0.112. The molecule has 0 atom stereocenters. The lowest BCUT2D eigenvalue weighted by atomic mass is 10.1. The second-order valence-corrected chi connectivity index (χ2v) is 5.30. The van der Waals surface area contributed by atoms with Gasteiger partial charge in [0.25, 0.3) is 11.6 Å². The van der Waals surface area contributed by atoms with Gasteiger partial charge >= 0.3 is 5.97 Å². The topological polar surface area (TPSA) is 108 Å². The molecular formula is C18H18N2O6. The molecule has 0 radical (unpaired) electrons. The summed E-state index contributed by atoms with van der Waals surface area (Å²) in [6.45, 7) is -0.0833. The number of benzene rings is 2. The predicted octanol–water partition coefficient (Wildman–Crippen LogP) is 2.12. The van der Waals surface area contributed by atoms with E-state index in [0.717, 1.165) is 11.6 Å². The number of amides is 1. The van der Waals surface area contributed by atoms with Crippen LogP contribution in [0.1, 0.15) is 15.9 Å². The molecular weight excluding hydrogens is 340 g/mol. The molecule has 0 spiro atoms. The lowest BCUT2D eigenvalue weighted by Gasteiger charge is -2.09. The first-order chi connectivity index (χ1) is 12.5. The van der Waals surface area contributed by atoms with Gasteiger partial charge in [-0.05, 0) is 18.1 Å². The van der Waals surface area contributed by atoms with Gasteiger partial charge in [-0.3, -0.25) is 14.9 Å². The van der Waals surface area contributed by atoms with Crippen molar-refractivity contribution in [3.8, 4) is 5.75 Å². The van der Waals surface area contributed by atoms with Gasteiger partial charge < -0.3 is 14.8 Å². The molecule has 0 aliphatic heterocycles. The number of esters is 1. The summed E-state index contributed by atoms with van der Waals surface area (Å²) in [5, 5.41) is 13.5. The first-order valence-electron chi connectivity index (χ1n) is 7.81. The zero-order chi connectivity index (χ0) is 18.9. The van der Waals surface area contributed by atoms with E-state index in [1.54, 1.807) is 0 Å². The smallest absolute Gasteiger partial charge is 0.342 e. The number of nitro groups is 1. The van der Waals surface area contributed by atoms with Gasteiger partial charge in [0.1, 0.15) is 11.3 Å². The fourth-order valence-electron chi connectivity index (χ4n) is 2.22. The molecule has 1 amide bonds. The minimum atomic E-state index is -0.872. The number of hydrogen-bond acceptors (Lipinski definition) is 6. The van der Waals surface area contributed by atoms with Crippen molar-refractivity contribution in [1.29, 1.82) is 0 Å². The number of hydrogen-bond donors (Lipinski definition) is 1. The summed E-state index contributed by atoms with van der Waals surface area (Å²) in [6, 6.07) is 13.2. The van der Waals surface area contributed by atoms with Crippen molar-refractivity contribution in [2.24, 2.45) is 0 Å². The number of rotatable bonds is 8. The Morgan fingerprint density at radius 1 is 1.15 bits per heavy atom. The van der Waals surface area contributed by atoms with E-state index in [-0.39, 0.29) is 17.0 Å². The molecule has 8 nitrogen and oxygen atoms in total. The van der Waals surface area contributed by atoms with E-state index in [1.807, 2.05) is 30.3 Å². The summed E-state index contributed by atoms with van der Waals surface area (Å²) >= 11 is 0. The molecule has 2 aromatic carbocycles. The maximum Gasteiger partial charge on any atom is 0.342 e. The zero-order valence-corrected chi connectivity index (χ0v) is 14.1. The van der Waals surface area contributed by atoms with Crippen LogP contribution in [0.4, 0.5) is 5.69 Å². The van der Waals surface area contributed by atoms with E-state index < -0.39 is 23.4 Å². The van der Waals surface area contributed by atoms with E-state index >= 15 is 0 Å². The maximum atomic E-state index is 12.1. The van der Waals surface area contributed by atoms with Gasteiger partial charge in [0, 0.05) is 18.7 Å². The van der Waals surface area contributed by atoms with Crippen molar-refractivity contribution in [3.63, 3.8) is 0 Å². The maximum absolute atomic E-state index is 12.1. The Morgan fingerprint density at radius 2 is 1.88 bits per heavy atom. The highest BCUT2D eigenvalue weighted by atomic mass is 16.6. The van der Waals surface area contributed by atoms with Crippen LogP contribution in [0.15, 0.2) is 48.5 Å². The molecule has 0 unspecified atom stereocenters. The second kappa shape index (κ2) is 9.16. The fraction of sp³-hybridized carbons (Fsp3) is 0.222. The molecule has 1 N–H and O–H groups in total. The fourth-order valence-corrected chi connectivity index (χ4v) is 2.22. The minimum Gasteiger partial charge on any atom is -0.496 e. The number of non-ortho nitro benzene ring substituents is 1. The highest BCUT2D eigenvalue weighted by Gasteiger charge is 2.19. The average molecular weight is 358 g/mol. The van der Waals surface area contributed by atoms with Crippen molar-refractivity contribution in [1.82, 2.24) is 5.32 Å². The van der Waals surface area contributed by atoms with Crippen molar-refractivity contribution >= 4 is 17.6 Å². The Bertz CT molecular complexity index is 792. The van der Waals surface area contributed by atoms with Crippen LogP contribution in [0.2, 0.25) is 0 Å². The van der Waals surface area contributed by atoms with Crippen LogP contribution in [0.25, 0.3) is 0 Å². The van der Waals surface area contributed by atoms with Crippen LogP contribution in [0, 0.1) is 10.1 Å². The Labute approximate surface area is 149 Å². The Morgan fingerprint density at radius 3 is 2.54 bits per heavy atom. The van der Waals surface area contributed by atoms with E-state index in [1.165, 1.54) is 19.2 Å². The Hall–Kier alpha value is -3.42. The molecule has 0 saturated heterocycles. The Balaban J connectivity index is 1.86. The number of nitrogens with zero attached hydrogens (tertiary/aromatic N) is 1. The van der Waals surface area contributed by atoms with Crippen molar-refractivity contribution in [2.75, 3.05) is 20.3 Å². The van der Waals surface area contributed by atoms with Crippen LogP contribution in [0.3, 0.4) is 0 Å². The number of nitrogens with one attached hydrogen (secondary N) is 1. The van der Waals surface area contributed by atoms with E-state index in [2.05, 4.69) is 5.32 Å². The first-order valence-corrected chi connectivity index (χ1v) is 7.81. The van der Waals surface area contributed by atoms with Crippen LogP contribution < -0.4 is 10.1 Å². The van der Waals surface area contributed by atoms with Crippen molar-refractivity contribution < 1.29 is 24.0 Å². The molecule has 0 aliphatic rings. The quantitative estimate of drug-likeness (QED) is 0.440. The van der Waals surface area contributed by atoms with Gasteiger partial charge in [-0.2, -0.15) is 0 Å². The zero-order valence-electron chi connectivity index (χ0n) is 14.1. The molecule has 2 rings (SSSR count). The third-order valence-electron chi connectivity index (χ3n) is 3.53. The van der Waals surface area contributed by atoms with Crippen LogP contribution in [-0.2, 0) is 16.0 Å². The summed E-state index contributed by atoms with van der Waals surface area (Å²) < 4.78 is 9.91. The molecule has 0 bridgehead atoms. The predicted molar refractivity (Wildman–Crippen MR) is 93.1 cm³/mol. The summed E-state index contributed by atoms with van der Waals surface area (Å²) in [7, 11) is 1.33. The SMILES string of the molecule is COc1ccc([N+](=O)[O-])cc1C(=O)OCC(=O)NCCc1ccccc1. The molecule has 26 heavy (non-hydrogen) atoms. The van der Waals surface area contributed by atoms with Gasteiger partial charge in [0.05, 0.1) is 12.0 Å². The molecule has 136 valence electrons. The first kappa shape index (κ1) is 18.9. The van der Waals surface area contributed by atoms with Gasteiger partial charge in [0.2, 0.25) is 0 Å². The van der Waals surface area contributed by atoms with Gasteiger partial charge in [-0.15, -0.1) is 0 Å². The molecule has 8 heteroatoms. The average Bonchev–Trinajstić information content (AvgIpc) is 2.66. The molecule has 0 aromatic heterocycles. The lowest BCUT2D eigenvalue weighted by Crippen LogP contribution is -2.30. The second-order valence-electron chi connectivity index (χ2n) is 5.30. The number of ether oxygens (including phenoxy) is 2. The molecule has 0 aliphatic carbocycles. The van der Waals surface area contributed by atoms with Gasteiger partial charge in [-0.25, -0.2) is 4.79 Å².